The highest BCUT2D eigenvalue weighted by Gasteiger charge is 2.21. The molecule has 2 rings (SSSR count). The van der Waals surface area contributed by atoms with Gasteiger partial charge in [-0.2, -0.15) is 0 Å². The van der Waals surface area contributed by atoms with E-state index < -0.39 is 17.1 Å². The van der Waals surface area contributed by atoms with Crippen LogP contribution in [0, 0.1) is 10.1 Å². The van der Waals surface area contributed by atoms with Crippen molar-refractivity contribution in [2.75, 3.05) is 0 Å². The lowest BCUT2D eigenvalue weighted by atomic mass is 9.96. The lowest BCUT2D eigenvalue weighted by Crippen LogP contribution is -2.28. The van der Waals surface area contributed by atoms with Gasteiger partial charge in [0.2, 0.25) is 0 Å². The van der Waals surface area contributed by atoms with Gasteiger partial charge in [0.05, 0.1) is 21.5 Å². The van der Waals surface area contributed by atoms with Gasteiger partial charge in [-0.15, -0.1) is 12.4 Å². The minimum Gasteiger partial charge on any atom is -0.391 e. The van der Waals surface area contributed by atoms with E-state index in [9.17, 15) is 15.2 Å². The van der Waals surface area contributed by atoms with Gasteiger partial charge < -0.3 is 10.8 Å². The van der Waals surface area contributed by atoms with Crippen molar-refractivity contribution in [3.05, 3.63) is 74.2 Å². The van der Waals surface area contributed by atoms with E-state index in [0.29, 0.717) is 16.5 Å². The van der Waals surface area contributed by atoms with Crippen molar-refractivity contribution in [2.45, 2.75) is 18.6 Å². The van der Waals surface area contributed by atoms with E-state index in [1.807, 2.05) is 30.3 Å². The molecule has 7 heteroatoms. The number of aliphatic hydroxyl groups is 1. The van der Waals surface area contributed by atoms with Crippen LogP contribution in [-0.2, 0) is 6.42 Å². The zero-order valence-corrected chi connectivity index (χ0v) is 14.0. The molecule has 0 radical (unpaired) electrons. The zero-order chi connectivity index (χ0) is 15.4. The Hall–Kier alpha value is -1.47. The summed E-state index contributed by atoms with van der Waals surface area (Å²) in [6.45, 7) is 0. The fourth-order valence-electron chi connectivity index (χ4n) is 2.08. The molecule has 0 unspecified atom stereocenters. The van der Waals surface area contributed by atoms with Gasteiger partial charge in [-0.1, -0.05) is 36.4 Å². The number of nitro groups is 1. The largest absolute Gasteiger partial charge is 0.391 e. The second kappa shape index (κ2) is 8.24. The molecule has 118 valence electrons. The summed E-state index contributed by atoms with van der Waals surface area (Å²) in [6.07, 6.45) is -0.417. The monoisotopic (exact) mass is 386 g/mol. The first-order chi connectivity index (χ1) is 9.99. The van der Waals surface area contributed by atoms with Crippen molar-refractivity contribution < 1.29 is 10.0 Å². The standard InChI is InChI=1S/C15H15BrN2O3.ClH/c16-12-7-6-11(9-13(12)18(20)21)15(17)14(19)8-10-4-2-1-3-5-10;/h1-7,9,14-15,19H,8,17H2;1H/t14-,15+;/m1./s1. The Balaban J connectivity index is 0.00000242. The summed E-state index contributed by atoms with van der Waals surface area (Å²) in [7, 11) is 0. The lowest BCUT2D eigenvalue weighted by Gasteiger charge is -2.19. The fourth-order valence-corrected chi connectivity index (χ4v) is 2.47. The fraction of sp³-hybridized carbons (Fsp3) is 0.200. The average molecular weight is 388 g/mol. The molecule has 0 saturated heterocycles. The summed E-state index contributed by atoms with van der Waals surface area (Å²) in [5.41, 5.74) is 7.46. The van der Waals surface area contributed by atoms with Crippen LogP contribution >= 0.6 is 28.3 Å². The average Bonchev–Trinajstić information content (AvgIpc) is 2.47. The number of nitrogens with zero attached hydrogens (tertiary/aromatic N) is 1. The van der Waals surface area contributed by atoms with E-state index in [1.165, 1.54) is 6.07 Å². The second-order valence-corrected chi connectivity index (χ2v) is 5.61. The van der Waals surface area contributed by atoms with E-state index in [4.69, 9.17) is 5.73 Å². The molecular weight excluding hydrogens is 372 g/mol. The molecule has 0 spiro atoms. The molecule has 0 bridgehead atoms. The first kappa shape index (κ1) is 18.6. The Kier molecular flexibility index (Phi) is 6.96. The molecule has 2 aromatic carbocycles. The van der Waals surface area contributed by atoms with Crippen LogP contribution in [0.2, 0.25) is 0 Å². The number of hydrogen-bond acceptors (Lipinski definition) is 4. The predicted molar refractivity (Wildman–Crippen MR) is 91.1 cm³/mol. The van der Waals surface area contributed by atoms with Crippen LogP contribution in [0.15, 0.2) is 53.0 Å². The van der Waals surface area contributed by atoms with E-state index in [0.717, 1.165) is 5.56 Å². The molecule has 0 aliphatic heterocycles. The summed E-state index contributed by atoms with van der Waals surface area (Å²) >= 11 is 3.13. The van der Waals surface area contributed by atoms with E-state index in [2.05, 4.69) is 15.9 Å². The van der Waals surface area contributed by atoms with Crippen LogP contribution in [-0.4, -0.2) is 16.1 Å². The maximum Gasteiger partial charge on any atom is 0.283 e. The SMILES string of the molecule is Cl.N[C@@H](c1ccc(Br)c([N+](=O)[O-])c1)[C@H](O)Cc1ccccc1. The number of nitro benzene ring substituents is 1. The molecule has 0 aliphatic carbocycles. The number of halogens is 2. The van der Waals surface area contributed by atoms with Gasteiger partial charge in [-0.05, 0) is 33.1 Å². The molecule has 22 heavy (non-hydrogen) atoms. The van der Waals surface area contributed by atoms with Crippen LogP contribution in [0.4, 0.5) is 5.69 Å². The summed E-state index contributed by atoms with van der Waals surface area (Å²) in [5, 5.41) is 21.1. The number of benzene rings is 2. The van der Waals surface area contributed by atoms with Gasteiger partial charge in [-0.25, -0.2) is 0 Å². The molecule has 2 aromatic rings. The normalized spacial score (nSPS) is 13.0. The molecule has 5 nitrogen and oxygen atoms in total. The van der Waals surface area contributed by atoms with Crippen molar-refractivity contribution in [1.82, 2.24) is 0 Å². The van der Waals surface area contributed by atoms with E-state index in [-0.39, 0.29) is 18.1 Å². The Morgan fingerprint density at radius 3 is 2.45 bits per heavy atom. The highest BCUT2D eigenvalue weighted by molar-refractivity contribution is 9.10. The summed E-state index contributed by atoms with van der Waals surface area (Å²) in [4.78, 5) is 10.4. The molecule has 0 fully saturated rings. The van der Waals surface area contributed by atoms with Crippen molar-refractivity contribution in [3.8, 4) is 0 Å². The van der Waals surface area contributed by atoms with Crippen LogP contribution < -0.4 is 5.73 Å². The molecule has 2 atom stereocenters. The number of aliphatic hydroxyl groups excluding tert-OH is 1. The number of nitrogens with two attached hydrogens (primary N) is 1. The van der Waals surface area contributed by atoms with Gasteiger partial charge in [0.1, 0.15) is 0 Å². The van der Waals surface area contributed by atoms with Crippen LogP contribution in [0.25, 0.3) is 0 Å². The first-order valence-corrected chi connectivity index (χ1v) is 7.19. The van der Waals surface area contributed by atoms with E-state index in [1.54, 1.807) is 12.1 Å². The maximum atomic E-state index is 10.9. The van der Waals surface area contributed by atoms with Crippen molar-refractivity contribution in [1.29, 1.82) is 0 Å². The summed E-state index contributed by atoms with van der Waals surface area (Å²) < 4.78 is 0.390. The molecule has 0 saturated carbocycles. The Morgan fingerprint density at radius 1 is 1.23 bits per heavy atom. The van der Waals surface area contributed by atoms with Crippen molar-refractivity contribution >= 4 is 34.0 Å². The Morgan fingerprint density at radius 2 is 1.86 bits per heavy atom. The van der Waals surface area contributed by atoms with Crippen LogP contribution in [0.3, 0.4) is 0 Å². The van der Waals surface area contributed by atoms with Gasteiger partial charge >= 0.3 is 0 Å². The van der Waals surface area contributed by atoms with Crippen LogP contribution in [0.5, 0.6) is 0 Å². The molecule has 0 aliphatic rings. The third-order valence-electron chi connectivity index (χ3n) is 3.25. The number of hydrogen-bond donors (Lipinski definition) is 2. The van der Waals surface area contributed by atoms with Gasteiger partial charge in [0.25, 0.3) is 5.69 Å². The Bertz CT molecular complexity index is 640. The summed E-state index contributed by atoms with van der Waals surface area (Å²) in [6, 6.07) is 13.4. The summed E-state index contributed by atoms with van der Waals surface area (Å²) in [5.74, 6) is 0. The quantitative estimate of drug-likeness (QED) is 0.608. The molecule has 0 aromatic heterocycles. The lowest BCUT2D eigenvalue weighted by molar-refractivity contribution is -0.385. The highest BCUT2D eigenvalue weighted by Crippen LogP contribution is 2.29. The maximum absolute atomic E-state index is 10.9. The third kappa shape index (κ3) is 4.51. The van der Waals surface area contributed by atoms with Crippen LogP contribution in [0.1, 0.15) is 17.2 Å². The topological polar surface area (TPSA) is 89.4 Å². The van der Waals surface area contributed by atoms with Crippen molar-refractivity contribution in [2.24, 2.45) is 5.73 Å². The molecule has 0 heterocycles. The smallest absolute Gasteiger partial charge is 0.283 e. The van der Waals surface area contributed by atoms with Gasteiger partial charge in [0.15, 0.2) is 0 Å². The molecule has 3 N–H and O–H groups in total. The first-order valence-electron chi connectivity index (χ1n) is 6.40. The predicted octanol–water partition coefficient (Wildman–Crippen LogP) is 3.38. The Labute approximate surface area is 142 Å². The van der Waals surface area contributed by atoms with Gasteiger partial charge in [-0.3, -0.25) is 10.1 Å². The molecular formula is C15H16BrClN2O3. The second-order valence-electron chi connectivity index (χ2n) is 4.75. The third-order valence-corrected chi connectivity index (χ3v) is 3.92. The number of rotatable bonds is 5. The van der Waals surface area contributed by atoms with E-state index >= 15 is 0 Å². The molecule has 0 amide bonds. The minimum absolute atomic E-state index is 0. The van der Waals surface area contributed by atoms with Crippen molar-refractivity contribution in [3.63, 3.8) is 0 Å². The minimum atomic E-state index is -0.812. The zero-order valence-electron chi connectivity index (χ0n) is 11.6. The highest BCUT2D eigenvalue weighted by atomic mass is 79.9. The van der Waals surface area contributed by atoms with Gasteiger partial charge in [0, 0.05) is 12.5 Å².